The van der Waals surface area contributed by atoms with Gasteiger partial charge >= 0.3 is 0 Å². The molecule has 0 aliphatic carbocycles. The number of nitrogen functional groups attached to an aromatic ring is 1. The lowest BCUT2D eigenvalue weighted by molar-refractivity contribution is 1.12. The summed E-state index contributed by atoms with van der Waals surface area (Å²) in [6.07, 6.45) is 3.44. The van der Waals surface area contributed by atoms with Gasteiger partial charge in [-0.3, -0.25) is 0 Å². The highest BCUT2D eigenvalue weighted by atomic mass is 35.5. The van der Waals surface area contributed by atoms with Crippen LogP contribution in [0.5, 0.6) is 0 Å². The van der Waals surface area contributed by atoms with E-state index in [1.807, 2.05) is 48.5 Å². The van der Waals surface area contributed by atoms with Gasteiger partial charge < -0.3 is 10.3 Å². The molecule has 0 unspecified atom stereocenters. The van der Waals surface area contributed by atoms with E-state index in [0.29, 0.717) is 16.9 Å². The van der Waals surface area contributed by atoms with Crippen molar-refractivity contribution in [3.05, 3.63) is 71.6 Å². The van der Waals surface area contributed by atoms with Crippen LogP contribution in [0.1, 0.15) is 5.56 Å². The minimum atomic E-state index is 0.440. The topological polar surface area (TPSA) is 56.7 Å². The van der Waals surface area contributed by atoms with Crippen molar-refractivity contribution in [2.45, 2.75) is 5.88 Å². The first kappa shape index (κ1) is 15.9. The largest absolute Gasteiger partial charge is 0.383 e. The van der Waals surface area contributed by atoms with Gasteiger partial charge in [0.1, 0.15) is 11.0 Å². The summed E-state index contributed by atoms with van der Waals surface area (Å²) < 4.78 is 2.11. The van der Waals surface area contributed by atoms with Crippen LogP contribution in [0.4, 0.5) is 5.82 Å². The molecule has 0 saturated heterocycles. The Hall–Kier alpha value is -2.56. The maximum atomic E-state index is 6.13. The highest BCUT2D eigenvalue weighted by Gasteiger charge is 2.15. The normalized spacial score (nSPS) is 11.1. The Kier molecular flexibility index (Phi) is 4.07. The smallest absolute Gasteiger partial charge is 0.132 e. The van der Waals surface area contributed by atoms with E-state index in [9.17, 15) is 0 Å². The zero-order chi connectivity index (χ0) is 17.4. The van der Waals surface area contributed by atoms with Crippen molar-refractivity contribution in [2.24, 2.45) is 0 Å². The molecule has 124 valence electrons. The van der Waals surface area contributed by atoms with E-state index in [1.54, 1.807) is 12.4 Å². The Morgan fingerprint density at radius 3 is 2.56 bits per heavy atom. The van der Waals surface area contributed by atoms with Crippen LogP contribution in [0.15, 0.2) is 60.9 Å². The van der Waals surface area contributed by atoms with Crippen molar-refractivity contribution >= 4 is 39.9 Å². The van der Waals surface area contributed by atoms with Gasteiger partial charge in [0.25, 0.3) is 0 Å². The predicted molar refractivity (Wildman–Crippen MR) is 103 cm³/mol. The lowest BCUT2D eigenvalue weighted by Crippen LogP contribution is -2.00. The lowest BCUT2D eigenvalue weighted by Gasteiger charge is -2.13. The van der Waals surface area contributed by atoms with Crippen molar-refractivity contribution in [3.8, 4) is 16.9 Å². The SMILES string of the molecule is Nc1ncccc1-c1cc2cnc(Cl)cc2n1-c1ccc(CCl)cc1. The molecule has 3 aromatic heterocycles. The molecule has 0 atom stereocenters. The third kappa shape index (κ3) is 2.84. The number of halogens is 2. The Labute approximate surface area is 154 Å². The number of nitrogens with two attached hydrogens (primary N) is 1. The molecule has 0 bridgehead atoms. The molecule has 3 heterocycles. The average molecular weight is 369 g/mol. The lowest BCUT2D eigenvalue weighted by atomic mass is 10.1. The Morgan fingerprint density at radius 2 is 1.84 bits per heavy atom. The van der Waals surface area contributed by atoms with E-state index >= 15 is 0 Å². The minimum absolute atomic E-state index is 0.440. The summed E-state index contributed by atoms with van der Waals surface area (Å²) in [5.74, 6) is 0.952. The molecule has 1 aromatic carbocycles. The molecule has 2 N–H and O–H groups in total. The molecule has 0 spiro atoms. The summed E-state index contributed by atoms with van der Waals surface area (Å²) in [5, 5.41) is 1.42. The van der Waals surface area contributed by atoms with Crippen molar-refractivity contribution in [2.75, 3.05) is 5.73 Å². The summed E-state index contributed by atoms with van der Waals surface area (Å²) in [5.41, 5.74) is 10.9. The van der Waals surface area contributed by atoms with Gasteiger partial charge in [-0.1, -0.05) is 23.7 Å². The molecule has 6 heteroatoms. The van der Waals surface area contributed by atoms with Crippen LogP contribution in [-0.4, -0.2) is 14.5 Å². The van der Waals surface area contributed by atoms with E-state index in [-0.39, 0.29) is 0 Å². The molecule has 4 nitrogen and oxygen atoms in total. The number of aromatic nitrogens is 3. The fraction of sp³-hybridized carbons (Fsp3) is 0.0526. The molecule has 0 fully saturated rings. The van der Waals surface area contributed by atoms with E-state index in [0.717, 1.165) is 33.4 Å². The van der Waals surface area contributed by atoms with Gasteiger partial charge in [0, 0.05) is 41.0 Å². The number of fused-ring (bicyclic) bond motifs is 1. The van der Waals surface area contributed by atoms with Gasteiger partial charge in [0.15, 0.2) is 0 Å². The first-order chi connectivity index (χ1) is 12.2. The van der Waals surface area contributed by atoms with Crippen LogP contribution in [0.25, 0.3) is 27.8 Å². The van der Waals surface area contributed by atoms with Crippen LogP contribution >= 0.6 is 23.2 Å². The number of rotatable bonds is 3. The summed E-state index contributed by atoms with van der Waals surface area (Å²) in [6.45, 7) is 0. The fourth-order valence-corrected chi connectivity index (χ4v) is 3.25. The van der Waals surface area contributed by atoms with Crippen LogP contribution in [-0.2, 0) is 5.88 Å². The zero-order valence-corrected chi connectivity index (χ0v) is 14.7. The number of nitrogens with zero attached hydrogens (tertiary/aromatic N) is 3. The van der Waals surface area contributed by atoms with Gasteiger partial charge in [0.2, 0.25) is 0 Å². The predicted octanol–water partition coefficient (Wildman–Crippen LogP) is 5.06. The maximum Gasteiger partial charge on any atom is 0.132 e. The average Bonchev–Trinajstić information content (AvgIpc) is 3.00. The van der Waals surface area contributed by atoms with Crippen LogP contribution < -0.4 is 5.73 Å². The molecule has 0 aliphatic heterocycles. The Bertz CT molecular complexity index is 1050. The molecule has 4 aromatic rings. The third-order valence-corrected chi connectivity index (χ3v) is 4.63. The number of benzene rings is 1. The third-order valence-electron chi connectivity index (χ3n) is 4.12. The number of pyridine rings is 2. The first-order valence-electron chi connectivity index (χ1n) is 7.70. The summed E-state index contributed by atoms with van der Waals surface area (Å²) in [7, 11) is 0. The fourth-order valence-electron chi connectivity index (χ4n) is 2.92. The molecular weight excluding hydrogens is 355 g/mol. The van der Waals surface area contributed by atoms with Crippen LogP contribution in [0, 0.1) is 0 Å². The van der Waals surface area contributed by atoms with Crippen molar-refractivity contribution in [1.82, 2.24) is 14.5 Å². The monoisotopic (exact) mass is 368 g/mol. The molecule has 25 heavy (non-hydrogen) atoms. The van der Waals surface area contributed by atoms with Gasteiger partial charge in [-0.15, -0.1) is 11.6 Å². The van der Waals surface area contributed by atoms with Gasteiger partial charge in [0.05, 0.1) is 11.2 Å². The number of alkyl halides is 1. The zero-order valence-electron chi connectivity index (χ0n) is 13.2. The van der Waals surface area contributed by atoms with Gasteiger partial charge in [-0.05, 0) is 35.9 Å². The summed E-state index contributed by atoms with van der Waals surface area (Å²) in [4.78, 5) is 8.40. The molecule has 0 radical (unpaired) electrons. The van der Waals surface area contributed by atoms with E-state index < -0.39 is 0 Å². The number of hydrogen-bond donors (Lipinski definition) is 1. The van der Waals surface area contributed by atoms with Gasteiger partial charge in [-0.25, -0.2) is 9.97 Å². The highest BCUT2D eigenvalue weighted by molar-refractivity contribution is 6.30. The summed E-state index contributed by atoms with van der Waals surface area (Å²) in [6, 6.07) is 15.8. The highest BCUT2D eigenvalue weighted by Crippen LogP contribution is 2.34. The molecular formula is C19H14Cl2N4. The molecule has 0 aliphatic rings. The minimum Gasteiger partial charge on any atom is -0.383 e. The second kappa shape index (κ2) is 6.39. The van der Waals surface area contributed by atoms with Crippen molar-refractivity contribution in [3.63, 3.8) is 0 Å². The van der Waals surface area contributed by atoms with Crippen molar-refractivity contribution < 1.29 is 0 Å². The van der Waals surface area contributed by atoms with E-state index in [2.05, 4.69) is 14.5 Å². The van der Waals surface area contributed by atoms with E-state index in [1.165, 1.54) is 0 Å². The molecule has 0 amide bonds. The maximum absolute atomic E-state index is 6.13. The first-order valence-corrected chi connectivity index (χ1v) is 8.62. The second-order valence-corrected chi connectivity index (χ2v) is 6.32. The van der Waals surface area contributed by atoms with Crippen LogP contribution in [0.3, 0.4) is 0 Å². The number of anilines is 1. The standard InChI is InChI=1S/C19H14Cl2N4/c20-10-12-3-5-14(6-4-12)25-16-9-18(21)24-11-13(16)8-17(25)15-2-1-7-23-19(15)22/h1-9,11H,10H2,(H2,22,23). The van der Waals surface area contributed by atoms with E-state index in [4.69, 9.17) is 28.9 Å². The Balaban J connectivity index is 2.03. The summed E-state index contributed by atoms with van der Waals surface area (Å²) >= 11 is 12.0. The van der Waals surface area contributed by atoms with Crippen LogP contribution in [0.2, 0.25) is 5.15 Å². The number of hydrogen-bond acceptors (Lipinski definition) is 3. The molecule has 0 saturated carbocycles. The molecule has 4 rings (SSSR count). The second-order valence-electron chi connectivity index (χ2n) is 5.67. The van der Waals surface area contributed by atoms with Crippen molar-refractivity contribution in [1.29, 1.82) is 0 Å². The Morgan fingerprint density at radius 1 is 1.04 bits per heavy atom. The quantitative estimate of drug-likeness (QED) is 0.406. The van der Waals surface area contributed by atoms with Gasteiger partial charge in [-0.2, -0.15) is 0 Å².